The first-order valence-electron chi connectivity index (χ1n) is 4.68. The Kier molecular flexibility index (Phi) is 3.26. The number of carboxylic acids is 1. The Hall–Kier alpha value is -1.65. The highest BCUT2D eigenvalue weighted by molar-refractivity contribution is 7.12. The van der Waals surface area contributed by atoms with Crippen LogP contribution in [0, 0.1) is 0 Å². The van der Waals surface area contributed by atoms with Crippen molar-refractivity contribution in [1.82, 2.24) is 0 Å². The minimum Gasteiger partial charge on any atom is -0.478 e. The Morgan fingerprint density at radius 2 is 2.12 bits per heavy atom. The number of thiophene rings is 1. The molecular weight excluding hydrogens is 260 g/mol. The van der Waals surface area contributed by atoms with Gasteiger partial charge in [0.2, 0.25) is 0 Å². The van der Waals surface area contributed by atoms with Gasteiger partial charge in [-0.2, -0.15) is 0 Å². The molecule has 0 saturated heterocycles. The first kappa shape index (κ1) is 11.8. The summed E-state index contributed by atoms with van der Waals surface area (Å²) >= 11 is 7.12. The van der Waals surface area contributed by atoms with E-state index in [9.17, 15) is 9.59 Å². The van der Waals surface area contributed by atoms with Crippen LogP contribution in [0.3, 0.4) is 0 Å². The van der Waals surface area contributed by atoms with Gasteiger partial charge in [0.15, 0.2) is 6.29 Å². The molecule has 0 aliphatic heterocycles. The molecule has 17 heavy (non-hydrogen) atoms. The number of carbonyl (C=O) groups excluding carboxylic acids is 1. The van der Waals surface area contributed by atoms with Crippen LogP contribution >= 0.6 is 22.9 Å². The van der Waals surface area contributed by atoms with Gasteiger partial charge in [0.25, 0.3) is 0 Å². The molecule has 0 spiro atoms. The van der Waals surface area contributed by atoms with Gasteiger partial charge in [-0.1, -0.05) is 11.6 Å². The van der Waals surface area contributed by atoms with Gasteiger partial charge in [-0.15, -0.1) is 11.3 Å². The fraction of sp³-hybridized carbons (Fsp3) is 0. The van der Waals surface area contributed by atoms with Crippen LogP contribution in [0.4, 0.5) is 0 Å². The largest absolute Gasteiger partial charge is 0.478 e. The molecule has 0 saturated carbocycles. The summed E-state index contributed by atoms with van der Waals surface area (Å²) in [7, 11) is 0. The number of hydrogen-bond donors (Lipinski definition) is 1. The minimum atomic E-state index is -1.02. The maximum Gasteiger partial charge on any atom is 0.336 e. The highest BCUT2D eigenvalue weighted by Crippen LogP contribution is 2.30. The standard InChI is InChI=1S/C12H7ClO3S/c13-8-1-2-10(12(15)16)11(4-8)7-3-9(5-14)17-6-7/h1-6H,(H,15,16). The van der Waals surface area contributed by atoms with Crippen LogP contribution < -0.4 is 0 Å². The molecule has 5 heteroatoms. The van der Waals surface area contributed by atoms with Gasteiger partial charge in [-0.25, -0.2) is 4.79 Å². The molecule has 0 unspecified atom stereocenters. The summed E-state index contributed by atoms with van der Waals surface area (Å²) < 4.78 is 0. The third-order valence-electron chi connectivity index (χ3n) is 2.26. The molecule has 86 valence electrons. The Morgan fingerprint density at radius 1 is 1.35 bits per heavy atom. The molecule has 0 aliphatic carbocycles. The molecule has 0 radical (unpaired) electrons. The summed E-state index contributed by atoms with van der Waals surface area (Å²) in [6, 6.07) is 6.22. The Labute approximate surface area is 106 Å². The van der Waals surface area contributed by atoms with E-state index < -0.39 is 5.97 Å². The summed E-state index contributed by atoms with van der Waals surface area (Å²) in [5.74, 6) is -1.02. The Bertz CT molecular complexity index is 589. The van der Waals surface area contributed by atoms with Crippen LogP contribution in [0.25, 0.3) is 11.1 Å². The van der Waals surface area contributed by atoms with Gasteiger partial charge in [-0.3, -0.25) is 4.79 Å². The molecule has 1 N–H and O–H groups in total. The summed E-state index contributed by atoms with van der Waals surface area (Å²) in [6.07, 6.45) is 0.735. The molecule has 1 heterocycles. The zero-order chi connectivity index (χ0) is 12.4. The predicted molar refractivity (Wildman–Crippen MR) is 67.1 cm³/mol. The average molecular weight is 267 g/mol. The number of carboxylic acid groups (broad SMARTS) is 1. The number of benzene rings is 1. The molecule has 0 bridgehead atoms. The lowest BCUT2D eigenvalue weighted by atomic mass is 10.0. The molecule has 1 aromatic heterocycles. The molecule has 0 amide bonds. The van der Waals surface area contributed by atoms with E-state index in [1.54, 1.807) is 17.5 Å². The van der Waals surface area contributed by atoms with Crippen molar-refractivity contribution in [2.75, 3.05) is 0 Å². The smallest absolute Gasteiger partial charge is 0.336 e. The molecule has 0 aliphatic rings. The second kappa shape index (κ2) is 4.69. The Morgan fingerprint density at radius 3 is 2.71 bits per heavy atom. The number of halogens is 1. The zero-order valence-corrected chi connectivity index (χ0v) is 10.1. The number of aldehydes is 1. The minimum absolute atomic E-state index is 0.171. The second-order valence-corrected chi connectivity index (χ2v) is 4.73. The molecule has 1 aromatic carbocycles. The lowest BCUT2D eigenvalue weighted by Crippen LogP contribution is -1.98. The van der Waals surface area contributed by atoms with Crippen molar-refractivity contribution in [3.8, 4) is 11.1 Å². The summed E-state index contributed by atoms with van der Waals surface area (Å²) in [5.41, 5.74) is 1.39. The summed E-state index contributed by atoms with van der Waals surface area (Å²) in [5, 5.41) is 11.3. The third kappa shape index (κ3) is 2.38. The molecule has 3 nitrogen and oxygen atoms in total. The lowest BCUT2D eigenvalue weighted by molar-refractivity contribution is 0.0697. The van der Waals surface area contributed by atoms with E-state index >= 15 is 0 Å². The van der Waals surface area contributed by atoms with Gasteiger partial charge in [-0.05, 0) is 40.8 Å². The molecule has 0 atom stereocenters. The summed E-state index contributed by atoms with van der Waals surface area (Å²) in [4.78, 5) is 22.2. The maximum atomic E-state index is 11.1. The van der Waals surface area contributed by atoms with E-state index in [2.05, 4.69) is 0 Å². The molecule has 2 rings (SSSR count). The van der Waals surface area contributed by atoms with Gasteiger partial charge < -0.3 is 5.11 Å². The molecule has 0 fully saturated rings. The quantitative estimate of drug-likeness (QED) is 0.864. The van der Waals surface area contributed by atoms with Crippen molar-refractivity contribution >= 4 is 35.2 Å². The predicted octanol–water partition coefficient (Wildman–Crippen LogP) is 3.58. The van der Waals surface area contributed by atoms with Gasteiger partial charge >= 0.3 is 5.97 Å². The zero-order valence-electron chi connectivity index (χ0n) is 8.51. The summed E-state index contributed by atoms with van der Waals surface area (Å²) in [6.45, 7) is 0. The second-order valence-electron chi connectivity index (χ2n) is 3.35. The van der Waals surface area contributed by atoms with Crippen LogP contribution in [0.5, 0.6) is 0 Å². The monoisotopic (exact) mass is 266 g/mol. The first-order chi connectivity index (χ1) is 8.11. The average Bonchev–Trinajstić information content (AvgIpc) is 2.76. The van der Waals surface area contributed by atoms with E-state index in [0.717, 1.165) is 6.29 Å². The molecule has 2 aromatic rings. The fourth-order valence-electron chi connectivity index (χ4n) is 1.50. The van der Waals surface area contributed by atoms with Gasteiger partial charge in [0.1, 0.15) is 0 Å². The normalized spacial score (nSPS) is 10.2. The van der Waals surface area contributed by atoms with Crippen LogP contribution in [0.1, 0.15) is 20.0 Å². The lowest BCUT2D eigenvalue weighted by Gasteiger charge is -2.04. The van der Waals surface area contributed by atoms with E-state index in [1.807, 2.05) is 0 Å². The van der Waals surface area contributed by atoms with Crippen molar-refractivity contribution in [2.45, 2.75) is 0 Å². The number of carbonyl (C=O) groups is 2. The Balaban J connectivity index is 2.60. The van der Waals surface area contributed by atoms with Crippen LogP contribution in [-0.2, 0) is 0 Å². The van der Waals surface area contributed by atoms with E-state index in [-0.39, 0.29) is 5.56 Å². The van der Waals surface area contributed by atoms with E-state index in [0.29, 0.717) is 21.0 Å². The van der Waals surface area contributed by atoms with Crippen molar-refractivity contribution in [3.05, 3.63) is 45.1 Å². The fourth-order valence-corrected chi connectivity index (χ4v) is 2.38. The first-order valence-corrected chi connectivity index (χ1v) is 5.94. The van der Waals surface area contributed by atoms with Crippen molar-refractivity contribution in [2.24, 2.45) is 0 Å². The SMILES string of the molecule is O=Cc1cc(-c2cc(Cl)ccc2C(=O)O)cs1. The van der Waals surface area contributed by atoms with Crippen molar-refractivity contribution in [1.29, 1.82) is 0 Å². The maximum absolute atomic E-state index is 11.1. The van der Waals surface area contributed by atoms with Crippen LogP contribution in [0.15, 0.2) is 29.6 Å². The highest BCUT2D eigenvalue weighted by atomic mass is 35.5. The van der Waals surface area contributed by atoms with E-state index in [1.165, 1.54) is 23.5 Å². The van der Waals surface area contributed by atoms with Gasteiger partial charge in [0, 0.05) is 5.02 Å². The van der Waals surface area contributed by atoms with Crippen LogP contribution in [0.2, 0.25) is 5.02 Å². The number of rotatable bonds is 3. The third-order valence-corrected chi connectivity index (χ3v) is 3.35. The van der Waals surface area contributed by atoms with Gasteiger partial charge in [0.05, 0.1) is 10.4 Å². The van der Waals surface area contributed by atoms with Crippen LogP contribution in [-0.4, -0.2) is 17.4 Å². The number of aromatic carboxylic acids is 1. The molecular formula is C12H7ClO3S. The van der Waals surface area contributed by atoms with E-state index in [4.69, 9.17) is 16.7 Å². The van der Waals surface area contributed by atoms with Crippen molar-refractivity contribution in [3.63, 3.8) is 0 Å². The topological polar surface area (TPSA) is 54.4 Å². The highest BCUT2D eigenvalue weighted by Gasteiger charge is 2.13. The van der Waals surface area contributed by atoms with Crippen molar-refractivity contribution < 1.29 is 14.7 Å². The number of hydrogen-bond acceptors (Lipinski definition) is 3.